The Kier molecular flexibility index (Phi) is 7.19. The van der Waals surface area contributed by atoms with Crippen molar-refractivity contribution in [3.8, 4) is 10.4 Å². The van der Waals surface area contributed by atoms with Crippen LogP contribution in [0.4, 0.5) is 15.5 Å². The highest BCUT2D eigenvalue weighted by Gasteiger charge is 2.25. The van der Waals surface area contributed by atoms with Gasteiger partial charge in [0.15, 0.2) is 0 Å². The molecule has 0 fully saturated rings. The largest absolute Gasteiger partial charge is 0.462 e. The first-order valence-electron chi connectivity index (χ1n) is 8.08. The molecule has 9 nitrogen and oxygen atoms in total. The molecule has 2 aromatic rings. The first-order valence-corrected chi connectivity index (χ1v) is 9.47. The van der Waals surface area contributed by atoms with Gasteiger partial charge in [0.25, 0.3) is 5.69 Å². The Bertz CT molecular complexity index is 935. The van der Waals surface area contributed by atoms with Crippen molar-refractivity contribution in [2.75, 3.05) is 11.9 Å². The van der Waals surface area contributed by atoms with E-state index in [0.717, 1.165) is 11.3 Å². The number of carbonyl (C=O) groups is 2. The van der Waals surface area contributed by atoms with Gasteiger partial charge in [0.05, 0.1) is 22.5 Å². The highest BCUT2D eigenvalue weighted by atomic mass is 32.1. The van der Waals surface area contributed by atoms with Gasteiger partial charge in [-0.2, -0.15) is 0 Å². The maximum atomic E-state index is 12.4. The Morgan fingerprint density at radius 2 is 1.96 bits per heavy atom. The minimum absolute atomic E-state index is 0.0452. The molecule has 28 heavy (non-hydrogen) atoms. The van der Waals surface area contributed by atoms with Gasteiger partial charge in [0.2, 0.25) is 0 Å². The zero-order valence-corrected chi connectivity index (χ0v) is 17.3. The molecule has 1 heterocycles. The summed E-state index contributed by atoms with van der Waals surface area (Å²) in [7, 11) is 2.27. The number of amides is 1. The van der Waals surface area contributed by atoms with E-state index in [4.69, 9.17) is 9.57 Å². The van der Waals surface area contributed by atoms with Crippen LogP contribution in [-0.4, -0.2) is 29.0 Å². The SMILES string of the molecule is CCOC(=O)c1c(NC(=O)O/N=C(/C)P)sc(-c2ccc([N+](=O)[O-])cc2)c1C. The fourth-order valence-electron chi connectivity index (χ4n) is 2.29. The van der Waals surface area contributed by atoms with Gasteiger partial charge in [-0.1, -0.05) is 14.4 Å². The number of ether oxygens (including phenoxy) is 1. The van der Waals surface area contributed by atoms with Gasteiger partial charge < -0.3 is 4.74 Å². The van der Waals surface area contributed by atoms with Gasteiger partial charge in [0, 0.05) is 17.0 Å². The molecule has 0 saturated carbocycles. The van der Waals surface area contributed by atoms with Crippen molar-refractivity contribution in [1.82, 2.24) is 0 Å². The summed E-state index contributed by atoms with van der Waals surface area (Å²) in [6, 6.07) is 5.90. The van der Waals surface area contributed by atoms with Crippen LogP contribution in [0.2, 0.25) is 0 Å². The van der Waals surface area contributed by atoms with E-state index >= 15 is 0 Å². The Balaban J connectivity index is 2.44. The average molecular weight is 423 g/mol. The lowest BCUT2D eigenvalue weighted by atomic mass is 10.1. The predicted octanol–water partition coefficient (Wildman–Crippen LogP) is 4.57. The van der Waals surface area contributed by atoms with Crippen molar-refractivity contribution in [1.29, 1.82) is 0 Å². The molecule has 1 atom stereocenters. The number of benzene rings is 1. The lowest BCUT2D eigenvalue weighted by molar-refractivity contribution is -0.384. The number of thiophene rings is 1. The summed E-state index contributed by atoms with van der Waals surface area (Å²) < 4.78 is 5.08. The Morgan fingerprint density at radius 1 is 1.32 bits per heavy atom. The molecule has 11 heteroatoms. The number of nitro groups is 1. The molecule has 148 valence electrons. The number of rotatable bonds is 6. The summed E-state index contributed by atoms with van der Waals surface area (Å²) in [5.41, 5.74) is 1.87. The van der Waals surface area contributed by atoms with Crippen LogP contribution < -0.4 is 5.32 Å². The lowest BCUT2D eigenvalue weighted by Crippen LogP contribution is -2.14. The topological polar surface area (TPSA) is 120 Å². The second-order valence-corrected chi connectivity index (χ2v) is 7.38. The normalized spacial score (nSPS) is 11.1. The molecule has 0 saturated heterocycles. The van der Waals surface area contributed by atoms with Gasteiger partial charge in [-0.05, 0) is 44.0 Å². The molecule has 0 aliphatic heterocycles. The highest BCUT2D eigenvalue weighted by Crippen LogP contribution is 2.40. The standard InChI is InChI=1S/C17H18N3O6PS/c1-4-25-16(21)13-9(2)14(11-5-7-12(8-6-11)20(23)24)28-15(13)18-17(22)26-19-10(3)27/h5-8H,4,27H2,1-3H3,(H,18,22)/b19-10-. The van der Waals surface area contributed by atoms with Crippen molar-refractivity contribution in [2.24, 2.45) is 5.16 Å². The fraction of sp³-hybridized carbons (Fsp3) is 0.235. The monoisotopic (exact) mass is 423 g/mol. The first kappa shape index (κ1) is 21.5. The van der Waals surface area contributed by atoms with Crippen LogP contribution in [0.15, 0.2) is 29.4 Å². The summed E-state index contributed by atoms with van der Waals surface area (Å²) in [6.07, 6.45) is -0.858. The van der Waals surface area contributed by atoms with Crippen LogP contribution in [0.3, 0.4) is 0 Å². The summed E-state index contributed by atoms with van der Waals surface area (Å²) in [4.78, 5) is 40.1. The second kappa shape index (κ2) is 9.38. The summed E-state index contributed by atoms with van der Waals surface area (Å²) in [6.45, 7) is 5.18. The highest BCUT2D eigenvalue weighted by molar-refractivity contribution is 7.40. The van der Waals surface area contributed by atoms with E-state index in [2.05, 4.69) is 19.7 Å². The van der Waals surface area contributed by atoms with Crippen molar-refractivity contribution in [3.63, 3.8) is 0 Å². The van der Waals surface area contributed by atoms with Crippen LogP contribution in [0.25, 0.3) is 10.4 Å². The zero-order chi connectivity index (χ0) is 20.8. The summed E-state index contributed by atoms with van der Waals surface area (Å²) in [5.74, 6) is -0.592. The first-order chi connectivity index (χ1) is 13.2. The number of nitrogens with zero attached hydrogens (tertiary/aromatic N) is 2. The number of non-ortho nitro benzene ring substituents is 1. The van der Waals surface area contributed by atoms with Crippen LogP contribution in [0, 0.1) is 17.0 Å². The van der Waals surface area contributed by atoms with Gasteiger partial charge in [0.1, 0.15) is 5.00 Å². The molecular weight excluding hydrogens is 405 g/mol. The third kappa shape index (κ3) is 5.11. The van der Waals surface area contributed by atoms with Crippen molar-refractivity contribution < 1.29 is 24.1 Å². The summed E-state index contributed by atoms with van der Waals surface area (Å²) >= 11 is 1.13. The fourth-order valence-corrected chi connectivity index (χ4v) is 3.53. The molecule has 0 spiro atoms. The summed E-state index contributed by atoms with van der Waals surface area (Å²) in [5, 5.41) is 17.1. The molecule has 1 amide bonds. The van der Waals surface area contributed by atoms with E-state index in [9.17, 15) is 19.7 Å². The minimum Gasteiger partial charge on any atom is -0.462 e. The molecule has 0 aliphatic carbocycles. The number of carbonyl (C=O) groups excluding carboxylic acids is 2. The number of anilines is 1. The Hall–Kier alpha value is -2.84. The molecule has 1 unspecified atom stereocenters. The van der Waals surface area contributed by atoms with Gasteiger partial charge in [-0.25, -0.2) is 9.59 Å². The molecule has 0 radical (unpaired) electrons. The van der Waals surface area contributed by atoms with Gasteiger partial charge in [-0.15, -0.1) is 11.3 Å². The molecule has 1 aromatic heterocycles. The van der Waals surface area contributed by atoms with Gasteiger partial charge >= 0.3 is 12.1 Å². The Labute approximate surface area is 167 Å². The number of nitro benzene ring substituents is 1. The molecular formula is C17H18N3O6PS. The van der Waals surface area contributed by atoms with Crippen LogP contribution in [-0.2, 0) is 9.57 Å². The minimum atomic E-state index is -0.858. The van der Waals surface area contributed by atoms with Crippen LogP contribution >= 0.6 is 20.6 Å². The number of hydrogen-bond donors (Lipinski definition) is 1. The van der Waals surface area contributed by atoms with Gasteiger partial charge in [-0.3, -0.25) is 20.3 Å². The van der Waals surface area contributed by atoms with Crippen LogP contribution in [0.5, 0.6) is 0 Å². The van der Waals surface area contributed by atoms with Crippen molar-refractivity contribution in [2.45, 2.75) is 20.8 Å². The van der Waals surface area contributed by atoms with Crippen LogP contribution in [0.1, 0.15) is 29.8 Å². The number of esters is 1. The molecule has 1 N–H and O–H groups in total. The molecule has 0 bridgehead atoms. The number of oxime groups is 1. The quantitative estimate of drug-likeness (QED) is 0.182. The number of hydrogen-bond acceptors (Lipinski definition) is 8. The number of nitrogens with one attached hydrogen (secondary N) is 1. The lowest BCUT2D eigenvalue weighted by Gasteiger charge is -2.06. The third-order valence-corrected chi connectivity index (χ3v) is 4.82. The maximum absolute atomic E-state index is 12.4. The smallest absolute Gasteiger partial charge is 0.438 e. The van der Waals surface area contributed by atoms with E-state index < -0.39 is 17.0 Å². The van der Waals surface area contributed by atoms with E-state index in [0.29, 0.717) is 21.5 Å². The van der Waals surface area contributed by atoms with E-state index in [1.54, 1.807) is 32.9 Å². The van der Waals surface area contributed by atoms with Crippen molar-refractivity contribution in [3.05, 3.63) is 45.5 Å². The maximum Gasteiger partial charge on any atom is 0.438 e. The average Bonchev–Trinajstić information content (AvgIpc) is 2.96. The molecule has 1 aromatic carbocycles. The van der Waals surface area contributed by atoms with E-state index in [1.165, 1.54) is 12.1 Å². The second-order valence-electron chi connectivity index (χ2n) is 5.52. The molecule has 0 aliphatic rings. The van der Waals surface area contributed by atoms with E-state index in [-0.39, 0.29) is 22.9 Å². The zero-order valence-electron chi connectivity index (χ0n) is 15.3. The predicted molar refractivity (Wildman–Crippen MR) is 110 cm³/mol. The Morgan fingerprint density at radius 3 is 2.50 bits per heavy atom. The van der Waals surface area contributed by atoms with E-state index in [1.807, 2.05) is 0 Å². The third-order valence-electron chi connectivity index (χ3n) is 3.45. The molecule has 2 rings (SSSR count). The van der Waals surface area contributed by atoms with Crippen molar-refractivity contribution >= 4 is 48.8 Å².